The van der Waals surface area contributed by atoms with Gasteiger partial charge in [0.05, 0.1) is 30.4 Å². The molecule has 0 aliphatic rings. The lowest BCUT2D eigenvalue weighted by atomic mass is 10.2. The van der Waals surface area contributed by atoms with Gasteiger partial charge < -0.3 is 9.72 Å². The summed E-state index contributed by atoms with van der Waals surface area (Å²) < 4.78 is 31.2. The topological polar surface area (TPSA) is 101 Å². The van der Waals surface area contributed by atoms with E-state index in [9.17, 15) is 13.2 Å². The fourth-order valence-corrected chi connectivity index (χ4v) is 2.60. The minimum absolute atomic E-state index is 0.0000784. The number of imidazole rings is 1. The number of aromatic amines is 1. The quantitative estimate of drug-likeness (QED) is 0.790. The van der Waals surface area contributed by atoms with Crippen LogP contribution in [0.3, 0.4) is 0 Å². The first-order chi connectivity index (χ1) is 9.53. The second-order valence-electron chi connectivity index (χ2n) is 3.92. The summed E-state index contributed by atoms with van der Waals surface area (Å²) in [4.78, 5) is 18.0. The molecule has 2 aromatic rings. The van der Waals surface area contributed by atoms with Crippen LogP contribution in [-0.2, 0) is 21.3 Å². The van der Waals surface area contributed by atoms with E-state index in [4.69, 9.17) is 0 Å². The molecule has 8 heteroatoms. The molecule has 0 atom stereocenters. The van der Waals surface area contributed by atoms with Crippen LogP contribution in [0.15, 0.2) is 41.7 Å². The lowest BCUT2D eigenvalue weighted by molar-refractivity contribution is 0.0600. The van der Waals surface area contributed by atoms with Gasteiger partial charge in [0.2, 0.25) is 10.0 Å². The molecule has 0 spiro atoms. The van der Waals surface area contributed by atoms with Gasteiger partial charge in [0, 0.05) is 11.9 Å². The zero-order valence-corrected chi connectivity index (χ0v) is 11.5. The maximum absolute atomic E-state index is 12.1. The zero-order valence-electron chi connectivity index (χ0n) is 10.7. The second kappa shape index (κ2) is 5.85. The first-order valence-electron chi connectivity index (χ1n) is 5.68. The van der Waals surface area contributed by atoms with Crippen molar-refractivity contribution < 1.29 is 17.9 Å². The van der Waals surface area contributed by atoms with Gasteiger partial charge in [-0.05, 0) is 18.2 Å². The minimum atomic E-state index is -3.71. The molecule has 2 rings (SSSR count). The summed E-state index contributed by atoms with van der Waals surface area (Å²) in [5, 5.41) is 0. The fraction of sp³-hybridized carbons (Fsp3) is 0.167. The number of carbonyl (C=O) groups excluding carboxylic acids is 1. The molecule has 0 saturated heterocycles. The number of hydrogen-bond donors (Lipinski definition) is 2. The molecule has 0 aliphatic heterocycles. The van der Waals surface area contributed by atoms with E-state index < -0.39 is 16.0 Å². The average Bonchev–Trinajstić information content (AvgIpc) is 2.98. The lowest BCUT2D eigenvalue weighted by Crippen LogP contribution is -2.23. The van der Waals surface area contributed by atoms with E-state index >= 15 is 0 Å². The summed E-state index contributed by atoms with van der Waals surface area (Å²) in [7, 11) is -2.47. The maximum atomic E-state index is 12.1. The Morgan fingerprint density at radius 2 is 2.25 bits per heavy atom. The van der Waals surface area contributed by atoms with Gasteiger partial charge in [0.15, 0.2) is 0 Å². The summed E-state index contributed by atoms with van der Waals surface area (Å²) in [5.74, 6) is -0.587. The Bertz CT molecular complexity index is 695. The molecular weight excluding hydrogens is 282 g/mol. The lowest BCUT2D eigenvalue weighted by Gasteiger charge is -2.07. The predicted molar refractivity (Wildman–Crippen MR) is 70.4 cm³/mol. The molecule has 0 unspecified atom stereocenters. The molecule has 1 aromatic heterocycles. The number of H-pyrrole nitrogens is 1. The van der Waals surface area contributed by atoms with Crippen molar-refractivity contribution in [3.8, 4) is 0 Å². The molecule has 1 heterocycles. The van der Waals surface area contributed by atoms with Crippen LogP contribution in [0.25, 0.3) is 0 Å². The smallest absolute Gasteiger partial charge is 0.337 e. The number of hydrogen-bond acceptors (Lipinski definition) is 5. The Morgan fingerprint density at radius 1 is 1.45 bits per heavy atom. The number of benzene rings is 1. The van der Waals surface area contributed by atoms with E-state index in [0.717, 1.165) is 0 Å². The summed E-state index contributed by atoms with van der Waals surface area (Å²) in [5.41, 5.74) is 0.814. The molecule has 0 fully saturated rings. The van der Waals surface area contributed by atoms with Crippen molar-refractivity contribution in [2.24, 2.45) is 0 Å². The molecule has 106 valence electrons. The van der Waals surface area contributed by atoms with Crippen LogP contribution in [0.2, 0.25) is 0 Å². The van der Waals surface area contributed by atoms with Crippen molar-refractivity contribution in [1.29, 1.82) is 0 Å². The highest BCUT2D eigenvalue weighted by Crippen LogP contribution is 2.12. The van der Waals surface area contributed by atoms with E-state index in [2.05, 4.69) is 19.4 Å². The standard InChI is InChI=1S/C12H13N3O4S/c1-19-12(16)9-3-2-4-11(5-9)20(17,18)15-7-10-6-13-8-14-10/h2-6,8,15H,7H2,1H3,(H,13,14). The molecule has 0 radical (unpaired) electrons. The first kappa shape index (κ1) is 14.2. The molecule has 0 bridgehead atoms. The number of esters is 1. The Hall–Kier alpha value is -2.19. The second-order valence-corrected chi connectivity index (χ2v) is 5.69. The van der Waals surface area contributed by atoms with Crippen LogP contribution in [0.4, 0.5) is 0 Å². The van der Waals surface area contributed by atoms with Gasteiger partial charge in [-0.2, -0.15) is 0 Å². The third-order valence-electron chi connectivity index (χ3n) is 2.57. The first-order valence-corrected chi connectivity index (χ1v) is 7.16. The molecular formula is C12H13N3O4S. The van der Waals surface area contributed by atoms with E-state index in [1.54, 1.807) is 0 Å². The molecule has 0 saturated carbocycles. The van der Waals surface area contributed by atoms with Crippen molar-refractivity contribution in [3.05, 3.63) is 48.0 Å². The number of nitrogens with one attached hydrogen (secondary N) is 2. The number of carbonyl (C=O) groups is 1. The Morgan fingerprint density at radius 3 is 2.90 bits per heavy atom. The van der Waals surface area contributed by atoms with Crippen molar-refractivity contribution in [2.45, 2.75) is 11.4 Å². The van der Waals surface area contributed by atoms with Gasteiger partial charge in [-0.15, -0.1) is 0 Å². The minimum Gasteiger partial charge on any atom is -0.465 e. The van der Waals surface area contributed by atoms with E-state index in [-0.39, 0.29) is 17.0 Å². The van der Waals surface area contributed by atoms with Crippen LogP contribution in [-0.4, -0.2) is 31.5 Å². The van der Waals surface area contributed by atoms with Crippen LogP contribution in [0.1, 0.15) is 16.1 Å². The molecule has 1 aromatic carbocycles. The van der Waals surface area contributed by atoms with Crippen molar-refractivity contribution in [1.82, 2.24) is 14.7 Å². The number of nitrogens with zero attached hydrogens (tertiary/aromatic N) is 1. The number of sulfonamides is 1. The maximum Gasteiger partial charge on any atom is 0.337 e. The number of rotatable bonds is 5. The van der Waals surface area contributed by atoms with Gasteiger partial charge in [-0.25, -0.2) is 22.9 Å². The number of ether oxygens (including phenoxy) is 1. The highest BCUT2D eigenvalue weighted by Gasteiger charge is 2.16. The molecule has 0 amide bonds. The van der Waals surface area contributed by atoms with Crippen LogP contribution in [0, 0.1) is 0 Å². The van der Waals surface area contributed by atoms with Gasteiger partial charge in [-0.3, -0.25) is 0 Å². The summed E-state index contributed by atoms with van der Waals surface area (Å²) >= 11 is 0. The van der Waals surface area contributed by atoms with Crippen LogP contribution >= 0.6 is 0 Å². The SMILES string of the molecule is COC(=O)c1cccc(S(=O)(=O)NCc2cnc[nH]2)c1. The molecule has 20 heavy (non-hydrogen) atoms. The summed E-state index contributed by atoms with van der Waals surface area (Å²) in [6.45, 7) is 0.0881. The number of methoxy groups -OCH3 is 1. The van der Waals surface area contributed by atoms with E-state index in [1.165, 1.54) is 43.9 Å². The van der Waals surface area contributed by atoms with Crippen molar-refractivity contribution in [3.63, 3.8) is 0 Å². The van der Waals surface area contributed by atoms with E-state index in [1.807, 2.05) is 0 Å². The molecule has 0 aliphatic carbocycles. The molecule has 2 N–H and O–H groups in total. The third kappa shape index (κ3) is 3.22. The molecule has 7 nitrogen and oxygen atoms in total. The third-order valence-corrected chi connectivity index (χ3v) is 3.97. The normalized spacial score (nSPS) is 11.2. The van der Waals surface area contributed by atoms with Gasteiger partial charge >= 0.3 is 5.97 Å². The monoisotopic (exact) mass is 295 g/mol. The van der Waals surface area contributed by atoms with Gasteiger partial charge in [0.1, 0.15) is 0 Å². The zero-order chi connectivity index (χ0) is 14.6. The van der Waals surface area contributed by atoms with Crippen molar-refractivity contribution in [2.75, 3.05) is 7.11 Å². The van der Waals surface area contributed by atoms with Gasteiger partial charge in [0.25, 0.3) is 0 Å². The summed E-state index contributed by atoms with van der Waals surface area (Å²) in [6, 6.07) is 5.64. The van der Waals surface area contributed by atoms with E-state index in [0.29, 0.717) is 5.69 Å². The predicted octanol–water partition coefficient (Wildman–Crippen LogP) is 0.675. The highest BCUT2D eigenvalue weighted by atomic mass is 32.2. The average molecular weight is 295 g/mol. The Labute approximate surface area is 116 Å². The largest absolute Gasteiger partial charge is 0.465 e. The van der Waals surface area contributed by atoms with Crippen molar-refractivity contribution >= 4 is 16.0 Å². The summed E-state index contributed by atoms with van der Waals surface area (Å²) in [6.07, 6.45) is 2.98. The Kier molecular flexibility index (Phi) is 4.16. The van der Waals surface area contributed by atoms with Crippen LogP contribution < -0.4 is 4.72 Å². The highest BCUT2D eigenvalue weighted by molar-refractivity contribution is 7.89. The van der Waals surface area contributed by atoms with Crippen LogP contribution in [0.5, 0.6) is 0 Å². The fourth-order valence-electron chi connectivity index (χ4n) is 1.55. The Balaban J connectivity index is 2.18. The van der Waals surface area contributed by atoms with Gasteiger partial charge in [-0.1, -0.05) is 6.07 Å². The number of aromatic nitrogens is 2.